The van der Waals surface area contributed by atoms with Crippen LogP contribution in [0, 0.1) is 28.6 Å². The molecular weight excluding hydrogens is 320 g/mol. The van der Waals surface area contributed by atoms with Gasteiger partial charge in [-0.1, -0.05) is 24.3 Å². The predicted molar refractivity (Wildman–Crippen MR) is 93.3 cm³/mol. The Morgan fingerprint density at radius 3 is 2.62 bits per heavy atom. The first-order valence-corrected chi connectivity index (χ1v) is 8.43. The third-order valence-electron chi connectivity index (χ3n) is 3.80. The van der Waals surface area contributed by atoms with Crippen LogP contribution in [-0.4, -0.2) is 9.78 Å². The molecule has 0 fully saturated rings. The Balaban J connectivity index is 2.12. The highest BCUT2D eigenvalue weighted by Crippen LogP contribution is 2.28. The van der Waals surface area contributed by atoms with Gasteiger partial charge in [0, 0.05) is 11.8 Å². The number of hydrogen-bond donors (Lipinski definition) is 0. The molecule has 0 N–H and O–H groups in total. The summed E-state index contributed by atoms with van der Waals surface area (Å²) in [5.74, 6) is -0.410. The molecule has 24 heavy (non-hydrogen) atoms. The van der Waals surface area contributed by atoms with Gasteiger partial charge in [-0.05, 0) is 23.9 Å². The second-order valence-corrected chi connectivity index (χ2v) is 6.33. The standard InChI is InChI=1S/C18H14N4OS/c19-9-3-5-13(11-20)12-22-18(23)15-7-2-1-6-14(15)17(21-22)16-8-4-10-24-16/h1-2,4,6-8,10,13H,3,5,12H2/t13-/m1/s1. The Morgan fingerprint density at radius 2 is 1.96 bits per heavy atom. The molecule has 0 radical (unpaired) electrons. The maximum absolute atomic E-state index is 12.7. The number of nitrogens with zero attached hydrogens (tertiary/aromatic N) is 4. The van der Waals surface area contributed by atoms with Gasteiger partial charge in [0.15, 0.2) is 0 Å². The molecule has 0 aliphatic rings. The first-order chi connectivity index (χ1) is 11.7. The topological polar surface area (TPSA) is 82.5 Å². The van der Waals surface area contributed by atoms with Crippen molar-refractivity contribution in [2.75, 3.05) is 0 Å². The summed E-state index contributed by atoms with van der Waals surface area (Å²) in [5.41, 5.74) is 0.542. The Labute approximate surface area is 143 Å². The molecule has 118 valence electrons. The van der Waals surface area contributed by atoms with Crippen LogP contribution in [0.5, 0.6) is 0 Å². The van der Waals surface area contributed by atoms with Crippen LogP contribution in [0.2, 0.25) is 0 Å². The molecule has 0 saturated carbocycles. The minimum atomic E-state index is -0.410. The van der Waals surface area contributed by atoms with Crippen LogP contribution < -0.4 is 5.56 Å². The maximum Gasteiger partial charge on any atom is 0.274 e. The summed E-state index contributed by atoms with van der Waals surface area (Å²) in [7, 11) is 0. The van der Waals surface area contributed by atoms with Crippen LogP contribution in [0.25, 0.3) is 21.3 Å². The molecule has 1 atom stereocenters. The fourth-order valence-electron chi connectivity index (χ4n) is 2.60. The van der Waals surface area contributed by atoms with Crippen molar-refractivity contribution < 1.29 is 0 Å². The third-order valence-corrected chi connectivity index (χ3v) is 4.68. The molecule has 0 unspecified atom stereocenters. The van der Waals surface area contributed by atoms with Crippen LogP contribution >= 0.6 is 11.3 Å². The highest BCUT2D eigenvalue weighted by atomic mass is 32.1. The lowest BCUT2D eigenvalue weighted by molar-refractivity contribution is 0.463. The first kappa shape index (κ1) is 15.9. The molecule has 3 rings (SSSR count). The average molecular weight is 334 g/mol. The molecule has 2 heterocycles. The molecule has 3 aromatic rings. The molecule has 0 aliphatic heterocycles. The van der Waals surface area contributed by atoms with Gasteiger partial charge in [0.25, 0.3) is 5.56 Å². The van der Waals surface area contributed by atoms with Crippen LogP contribution in [0.1, 0.15) is 12.8 Å². The lowest BCUT2D eigenvalue weighted by atomic mass is 10.1. The van der Waals surface area contributed by atoms with Crippen LogP contribution in [0.3, 0.4) is 0 Å². The van der Waals surface area contributed by atoms with Gasteiger partial charge in [-0.15, -0.1) is 11.3 Å². The van der Waals surface area contributed by atoms with Gasteiger partial charge in [-0.3, -0.25) is 4.79 Å². The van der Waals surface area contributed by atoms with E-state index in [-0.39, 0.29) is 12.1 Å². The quantitative estimate of drug-likeness (QED) is 0.714. The number of rotatable bonds is 5. The summed E-state index contributed by atoms with van der Waals surface area (Å²) in [4.78, 5) is 13.7. The number of aromatic nitrogens is 2. The lowest BCUT2D eigenvalue weighted by Gasteiger charge is -2.12. The summed E-state index contributed by atoms with van der Waals surface area (Å²) in [6, 6.07) is 15.5. The van der Waals surface area contributed by atoms with E-state index in [1.165, 1.54) is 4.68 Å². The molecule has 0 bridgehead atoms. The summed E-state index contributed by atoms with van der Waals surface area (Å²) >= 11 is 1.56. The van der Waals surface area contributed by atoms with E-state index in [0.717, 1.165) is 16.0 Å². The SMILES string of the molecule is N#CCC[C@H](C#N)Cn1nc(-c2cccs2)c2ccccc2c1=O. The summed E-state index contributed by atoms with van der Waals surface area (Å²) in [6.45, 7) is 0.195. The minimum Gasteiger partial charge on any atom is -0.267 e. The van der Waals surface area contributed by atoms with Gasteiger partial charge >= 0.3 is 0 Å². The maximum atomic E-state index is 12.7. The van der Waals surface area contributed by atoms with E-state index in [4.69, 9.17) is 5.26 Å². The summed E-state index contributed by atoms with van der Waals surface area (Å²) in [6.07, 6.45) is 0.723. The molecule has 5 nitrogen and oxygen atoms in total. The van der Waals surface area contributed by atoms with Crippen molar-refractivity contribution in [1.29, 1.82) is 10.5 Å². The number of nitriles is 2. The fourth-order valence-corrected chi connectivity index (χ4v) is 3.32. The van der Waals surface area contributed by atoms with Gasteiger partial charge in [0.2, 0.25) is 0 Å². The summed E-state index contributed by atoms with van der Waals surface area (Å²) < 4.78 is 1.36. The van der Waals surface area contributed by atoms with Crippen molar-refractivity contribution in [2.45, 2.75) is 19.4 Å². The largest absolute Gasteiger partial charge is 0.274 e. The van der Waals surface area contributed by atoms with Gasteiger partial charge < -0.3 is 0 Å². The zero-order valence-electron chi connectivity index (χ0n) is 12.8. The third kappa shape index (κ3) is 3.05. The van der Waals surface area contributed by atoms with Gasteiger partial charge in [0.05, 0.1) is 34.9 Å². The summed E-state index contributed by atoms with van der Waals surface area (Å²) in [5, 5.41) is 25.9. The van der Waals surface area contributed by atoms with E-state index in [9.17, 15) is 10.1 Å². The van der Waals surface area contributed by atoms with Crippen molar-refractivity contribution in [1.82, 2.24) is 9.78 Å². The van der Waals surface area contributed by atoms with Gasteiger partial charge in [-0.25, -0.2) is 4.68 Å². The molecule has 0 aliphatic carbocycles. The zero-order valence-corrected chi connectivity index (χ0v) is 13.7. The van der Waals surface area contributed by atoms with E-state index < -0.39 is 5.92 Å². The van der Waals surface area contributed by atoms with E-state index in [1.54, 1.807) is 17.4 Å². The predicted octanol–water partition coefficient (Wildman–Crippen LogP) is 3.57. The van der Waals surface area contributed by atoms with Crippen molar-refractivity contribution in [3.8, 4) is 22.7 Å². The molecule has 0 spiro atoms. The number of hydrogen-bond acceptors (Lipinski definition) is 5. The number of benzene rings is 1. The van der Waals surface area contributed by atoms with E-state index in [1.807, 2.05) is 41.8 Å². The number of thiophene rings is 1. The molecule has 0 amide bonds. The average Bonchev–Trinajstić information content (AvgIpc) is 3.15. The lowest BCUT2D eigenvalue weighted by Crippen LogP contribution is -2.27. The highest BCUT2D eigenvalue weighted by molar-refractivity contribution is 7.13. The van der Waals surface area contributed by atoms with Gasteiger partial charge in [0.1, 0.15) is 5.69 Å². The molecule has 2 aromatic heterocycles. The van der Waals surface area contributed by atoms with Gasteiger partial charge in [-0.2, -0.15) is 15.6 Å². The van der Waals surface area contributed by atoms with Crippen molar-refractivity contribution >= 4 is 22.1 Å². The second kappa shape index (κ2) is 7.08. The zero-order chi connectivity index (χ0) is 16.9. The monoisotopic (exact) mass is 334 g/mol. The van der Waals surface area contributed by atoms with E-state index >= 15 is 0 Å². The smallest absolute Gasteiger partial charge is 0.267 e. The fraction of sp³-hybridized carbons (Fsp3) is 0.222. The number of fused-ring (bicyclic) bond motifs is 1. The first-order valence-electron chi connectivity index (χ1n) is 7.55. The Morgan fingerprint density at radius 1 is 1.17 bits per heavy atom. The Kier molecular flexibility index (Phi) is 4.69. The Hall–Kier alpha value is -2.96. The van der Waals surface area contributed by atoms with Crippen LogP contribution in [-0.2, 0) is 6.54 Å². The van der Waals surface area contributed by atoms with Crippen LogP contribution in [0.15, 0.2) is 46.6 Å². The van der Waals surface area contributed by atoms with Crippen LogP contribution in [0.4, 0.5) is 0 Å². The minimum absolute atomic E-state index is 0.195. The molecule has 1 aromatic carbocycles. The normalized spacial score (nSPS) is 11.8. The van der Waals surface area contributed by atoms with E-state index in [0.29, 0.717) is 18.2 Å². The van der Waals surface area contributed by atoms with Crippen molar-refractivity contribution in [3.05, 3.63) is 52.1 Å². The van der Waals surface area contributed by atoms with Crippen molar-refractivity contribution in [3.63, 3.8) is 0 Å². The van der Waals surface area contributed by atoms with E-state index in [2.05, 4.69) is 11.2 Å². The molecule has 6 heteroatoms. The molecule has 0 saturated heterocycles. The Bertz CT molecular complexity index is 993. The second-order valence-electron chi connectivity index (χ2n) is 5.38. The van der Waals surface area contributed by atoms with Crippen molar-refractivity contribution in [2.24, 2.45) is 5.92 Å². The highest BCUT2D eigenvalue weighted by Gasteiger charge is 2.16. The molecular formula is C18H14N4OS.